The van der Waals surface area contributed by atoms with Gasteiger partial charge in [0, 0.05) is 19.8 Å². The van der Waals surface area contributed by atoms with E-state index in [1.165, 1.54) is 21.3 Å². The van der Waals surface area contributed by atoms with E-state index in [1.54, 1.807) is 45.3 Å². The minimum atomic E-state index is -3.78. The molecule has 1 aromatic carbocycles. The Balaban J connectivity index is 2.08. The molecule has 0 aliphatic carbocycles. The monoisotopic (exact) mass is 332 g/mol. The summed E-state index contributed by atoms with van der Waals surface area (Å²) in [7, 11) is -0.525. The van der Waals surface area contributed by atoms with E-state index in [1.807, 2.05) is 0 Å². The van der Waals surface area contributed by atoms with Crippen molar-refractivity contribution < 1.29 is 8.42 Å². The summed E-state index contributed by atoms with van der Waals surface area (Å²) in [6.45, 7) is 1.78. The number of hydrogen-bond donors (Lipinski definition) is 1. The maximum atomic E-state index is 12.5. The van der Waals surface area contributed by atoms with Crippen molar-refractivity contribution in [2.75, 3.05) is 4.72 Å². The standard InChI is InChI=1S/C15H16N4O3S/c1-10-5-4-6-14(16-10)17-23(21,22)11-7-8-12-13(9-11)19(3)15(20)18(12)2/h4-9H,1-3H3,(H,16,17). The zero-order valence-electron chi connectivity index (χ0n) is 12.9. The minimum absolute atomic E-state index is 0.0782. The summed E-state index contributed by atoms with van der Waals surface area (Å²) >= 11 is 0. The van der Waals surface area contributed by atoms with Crippen LogP contribution in [0.25, 0.3) is 11.0 Å². The fourth-order valence-corrected chi connectivity index (χ4v) is 3.47. The second-order valence-corrected chi connectivity index (χ2v) is 7.00. The number of benzene rings is 1. The summed E-state index contributed by atoms with van der Waals surface area (Å²) < 4.78 is 30.4. The molecule has 2 heterocycles. The number of nitrogens with zero attached hydrogens (tertiary/aromatic N) is 3. The van der Waals surface area contributed by atoms with Crippen molar-refractivity contribution in [2.24, 2.45) is 14.1 Å². The molecule has 0 atom stereocenters. The SMILES string of the molecule is Cc1cccc(NS(=O)(=O)c2ccc3c(c2)n(C)c(=O)n3C)n1. The van der Waals surface area contributed by atoms with Gasteiger partial charge in [0.1, 0.15) is 5.82 Å². The van der Waals surface area contributed by atoms with Crippen LogP contribution in [0.3, 0.4) is 0 Å². The highest BCUT2D eigenvalue weighted by Crippen LogP contribution is 2.20. The summed E-state index contributed by atoms with van der Waals surface area (Å²) in [5.41, 5.74) is 1.73. The third-order valence-electron chi connectivity index (χ3n) is 3.68. The Morgan fingerprint density at radius 1 is 1.04 bits per heavy atom. The first kappa shape index (κ1) is 15.3. The lowest BCUT2D eigenvalue weighted by atomic mass is 10.3. The van der Waals surface area contributed by atoms with Crippen molar-refractivity contribution >= 4 is 26.9 Å². The fraction of sp³-hybridized carbons (Fsp3) is 0.200. The number of aryl methyl sites for hydroxylation is 3. The number of nitrogens with one attached hydrogen (secondary N) is 1. The van der Waals surface area contributed by atoms with Crippen LogP contribution >= 0.6 is 0 Å². The molecule has 0 aliphatic rings. The molecule has 0 amide bonds. The lowest BCUT2D eigenvalue weighted by molar-refractivity contribution is 0.601. The molecule has 0 unspecified atom stereocenters. The molecule has 3 aromatic rings. The van der Waals surface area contributed by atoms with Gasteiger partial charge in [-0.05, 0) is 37.3 Å². The number of aromatic nitrogens is 3. The lowest BCUT2D eigenvalue weighted by Gasteiger charge is -2.08. The van der Waals surface area contributed by atoms with Gasteiger partial charge in [0.25, 0.3) is 10.0 Å². The molecule has 0 spiro atoms. The minimum Gasteiger partial charge on any atom is -0.295 e. The molecule has 0 aliphatic heterocycles. The van der Waals surface area contributed by atoms with Crippen LogP contribution in [-0.2, 0) is 24.1 Å². The highest BCUT2D eigenvalue weighted by molar-refractivity contribution is 7.92. The first-order valence-corrected chi connectivity index (χ1v) is 8.40. The largest absolute Gasteiger partial charge is 0.328 e. The summed E-state index contributed by atoms with van der Waals surface area (Å²) in [6.07, 6.45) is 0. The van der Waals surface area contributed by atoms with Gasteiger partial charge >= 0.3 is 5.69 Å². The number of fused-ring (bicyclic) bond motifs is 1. The van der Waals surface area contributed by atoms with Crippen LogP contribution in [-0.4, -0.2) is 22.5 Å². The van der Waals surface area contributed by atoms with Gasteiger partial charge in [-0.25, -0.2) is 18.2 Å². The van der Waals surface area contributed by atoms with Crippen LogP contribution in [0.1, 0.15) is 5.69 Å². The van der Waals surface area contributed by atoms with E-state index in [0.717, 1.165) is 0 Å². The Bertz CT molecular complexity index is 1060. The molecule has 120 valence electrons. The molecular formula is C15H16N4O3S. The molecule has 0 radical (unpaired) electrons. The maximum absolute atomic E-state index is 12.5. The Hall–Kier alpha value is -2.61. The van der Waals surface area contributed by atoms with Gasteiger partial charge in [-0.1, -0.05) is 6.07 Å². The number of anilines is 1. The van der Waals surface area contributed by atoms with Crippen LogP contribution in [0.5, 0.6) is 0 Å². The Morgan fingerprint density at radius 3 is 2.43 bits per heavy atom. The zero-order chi connectivity index (χ0) is 16.8. The lowest BCUT2D eigenvalue weighted by Crippen LogP contribution is -2.19. The quantitative estimate of drug-likeness (QED) is 0.785. The smallest absolute Gasteiger partial charge is 0.295 e. The summed E-state index contributed by atoms with van der Waals surface area (Å²) in [5.74, 6) is 0.257. The van der Waals surface area contributed by atoms with Crippen LogP contribution in [0.15, 0.2) is 46.1 Å². The molecule has 8 heteroatoms. The second-order valence-electron chi connectivity index (χ2n) is 5.32. The van der Waals surface area contributed by atoms with Gasteiger partial charge in [0.2, 0.25) is 0 Å². The van der Waals surface area contributed by atoms with Crippen molar-refractivity contribution in [1.82, 2.24) is 14.1 Å². The topological polar surface area (TPSA) is 86.0 Å². The van der Waals surface area contributed by atoms with E-state index in [9.17, 15) is 13.2 Å². The van der Waals surface area contributed by atoms with Gasteiger partial charge in [-0.2, -0.15) is 0 Å². The molecule has 23 heavy (non-hydrogen) atoms. The molecule has 3 rings (SSSR count). The molecule has 2 aromatic heterocycles. The molecule has 0 saturated carbocycles. The van der Waals surface area contributed by atoms with Gasteiger partial charge in [-0.15, -0.1) is 0 Å². The van der Waals surface area contributed by atoms with Gasteiger partial charge in [0.05, 0.1) is 15.9 Å². The Kier molecular flexibility index (Phi) is 3.48. The Morgan fingerprint density at radius 2 is 1.74 bits per heavy atom. The predicted molar refractivity (Wildman–Crippen MR) is 87.9 cm³/mol. The Labute approximate surface area is 133 Å². The molecular weight excluding hydrogens is 316 g/mol. The molecule has 0 fully saturated rings. The zero-order valence-corrected chi connectivity index (χ0v) is 13.8. The number of imidazole rings is 1. The third-order valence-corrected chi connectivity index (χ3v) is 5.03. The first-order valence-electron chi connectivity index (χ1n) is 6.91. The number of pyridine rings is 1. The van der Waals surface area contributed by atoms with Crippen molar-refractivity contribution in [1.29, 1.82) is 0 Å². The van der Waals surface area contributed by atoms with E-state index in [0.29, 0.717) is 16.7 Å². The summed E-state index contributed by atoms with van der Waals surface area (Å²) in [4.78, 5) is 16.1. The maximum Gasteiger partial charge on any atom is 0.328 e. The summed E-state index contributed by atoms with van der Waals surface area (Å²) in [5, 5.41) is 0. The fourth-order valence-electron chi connectivity index (χ4n) is 2.45. The normalized spacial score (nSPS) is 11.8. The van der Waals surface area contributed by atoms with E-state index in [2.05, 4.69) is 9.71 Å². The highest BCUT2D eigenvalue weighted by atomic mass is 32.2. The third kappa shape index (κ3) is 2.61. The van der Waals surface area contributed by atoms with Crippen molar-refractivity contribution in [3.8, 4) is 0 Å². The van der Waals surface area contributed by atoms with Crippen molar-refractivity contribution in [2.45, 2.75) is 11.8 Å². The molecule has 1 N–H and O–H groups in total. The molecule has 0 saturated heterocycles. The van der Waals surface area contributed by atoms with Crippen LogP contribution in [0.4, 0.5) is 5.82 Å². The van der Waals surface area contributed by atoms with E-state index in [-0.39, 0.29) is 16.4 Å². The van der Waals surface area contributed by atoms with Crippen molar-refractivity contribution in [3.63, 3.8) is 0 Å². The number of sulfonamides is 1. The molecule has 0 bridgehead atoms. The number of rotatable bonds is 3. The number of hydrogen-bond acceptors (Lipinski definition) is 4. The van der Waals surface area contributed by atoms with E-state index in [4.69, 9.17) is 0 Å². The average Bonchev–Trinajstić information content (AvgIpc) is 2.71. The average molecular weight is 332 g/mol. The van der Waals surface area contributed by atoms with Crippen LogP contribution < -0.4 is 10.4 Å². The predicted octanol–water partition coefficient (Wildman–Crippen LogP) is 1.38. The van der Waals surface area contributed by atoms with E-state index < -0.39 is 10.0 Å². The molecule has 7 nitrogen and oxygen atoms in total. The summed E-state index contributed by atoms with van der Waals surface area (Å²) in [6, 6.07) is 9.67. The highest BCUT2D eigenvalue weighted by Gasteiger charge is 2.17. The van der Waals surface area contributed by atoms with E-state index >= 15 is 0 Å². The van der Waals surface area contributed by atoms with Gasteiger partial charge in [0.15, 0.2) is 0 Å². The van der Waals surface area contributed by atoms with Crippen molar-refractivity contribution in [3.05, 3.63) is 52.6 Å². The van der Waals surface area contributed by atoms with Crippen LogP contribution in [0.2, 0.25) is 0 Å². The first-order chi connectivity index (χ1) is 10.8. The van der Waals surface area contributed by atoms with Gasteiger partial charge in [-0.3, -0.25) is 13.9 Å². The van der Waals surface area contributed by atoms with Crippen LogP contribution in [0, 0.1) is 6.92 Å². The second kappa shape index (κ2) is 5.24. The van der Waals surface area contributed by atoms with Gasteiger partial charge < -0.3 is 0 Å².